The zero-order valence-corrected chi connectivity index (χ0v) is 15.5. The Morgan fingerprint density at radius 2 is 2.00 bits per heavy atom. The van der Waals surface area contributed by atoms with Gasteiger partial charge in [-0.3, -0.25) is 9.59 Å². The second-order valence-electron chi connectivity index (χ2n) is 7.00. The Morgan fingerprint density at radius 3 is 2.60 bits per heavy atom. The van der Waals surface area contributed by atoms with Crippen molar-refractivity contribution in [3.63, 3.8) is 0 Å². The van der Waals surface area contributed by atoms with E-state index in [-0.39, 0.29) is 29.0 Å². The number of hydrogen-bond acceptors (Lipinski definition) is 4. The number of piperidine rings is 1. The summed E-state index contributed by atoms with van der Waals surface area (Å²) in [6, 6.07) is 5.56. The predicted molar refractivity (Wildman–Crippen MR) is 92.8 cm³/mol. The molecule has 0 saturated carbocycles. The maximum atomic E-state index is 12.7. The first-order valence-electron chi connectivity index (χ1n) is 8.20. The second-order valence-corrected chi connectivity index (χ2v) is 8.71. The lowest BCUT2D eigenvalue weighted by Crippen LogP contribution is -2.48. The van der Waals surface area contributed by atoms with E-state index in [1.165, 1.54) is 23.1 Å². The van der Waals surface area contributed by atoms with Gasteiger partial charge < -0.3 is 10.0 Å². The third-order valence-electron chi connectivity index (χ3n) is 4.28. The molecule has 1 unspecified atom stereocenters. The van der Waals surface area contributed by atoms with E-state index in [9.17, 15) is 23.1 Å². The van der Waals surface area contributed by atoms with E-state index < -0.39 is 21.4 Å². The quantitative estimate of drug-likeness (QED) is 0.823. The Hall–Kier alpha value is -1.93. The molecule has 0 radical (unpaired) electrons. The molecule has 1 saturated heterocycles. The molecule has 8 heteroatoms. The van der Waals surface area contributed by atoms with Crippen molar-refractivity contribution in [2.75, 3.05) is 13.1 Å². The van der Waals surface area contributed by atoms with Gasteiger partial charge in [-0.25, -0.2) is 13.1 Å². The van der Waals surface area contributed by atoms with Crippen LogP contribution in [0.4, 0.5) is 0 Å². The van der Waals surface area contributed by atoms with Crippen molar-refractivity contribution in [2.24, 2.45) is 5.41 Å². The number of benzene rings is 1. The molecule has 1 aromatic carbocycles. The van der Waals surface area contributed by atoms with Crippen LogP contribution in [0.3, 0.4) is 0 Å². The van der Waals surface area contributed by atoms with E-state index in [0.717, 1.165) is 0 Å². The lowest BCUT2D eigenvalue weighted by molar-refractivity contribution is -0.150. The van der Waals surface area contributed by atoms with Crippen molar-refractivity contribution in [2.45, 2.75) is 44.6 Å². The average molecular weight is 368 g/mol. The molecule has 138 valence electrons. The van der Waals surface area contributed by atoms with Crippen LogP contribution in [0, 0.1) is 5.41 Å². The summed E-state index contributed by atoms with van der Waals surface area (Å²) in [7, 11) is -3.70. The first-order valence-corrected chi connectivity index (χ1v) is 9.68. The number of amides is 1. The average Bonchev–Trinajstić information content (AvgIpc) is 2.53. The van der Waals surface area contributed by atoms with Crippen molar-refractivity contribution in [1.29, 1.82) is 0 Å². The molecular formula is C17H24N2O5S. The Labute approximate surface area is 148 Å². The minimum absolute atomic E-state index is 0.0186. The molecular weight excluding hydrogens is 344 g/mol. The van der Waals surface area contributed by atoms with Crippen molar-refractivity contribution in [3.8, 4) is 0 Å². The van der Waals surface area contributed by atoms with E-state index in [0.29, 0.717) is 19.4 Å². The molecule has 1 aliphatic rings. The minimum atomic E-state index is -3.70. The molecule has 0 bridgehead atoms. The fourth-order valence-electron chi connectivity index (χ4n) is 2.94. The van der Waals surface area contributed by atoms with Crippen LogP contribution in [0.2, 0.25) is 0 Å². The predicted octanol–water partition coefficient (Wildman–Crippen LogP) is 1.70. The smallest absolute Gasteiger partial charge is 0.311 e. The lowest BCUT2D eigenvalue weighted by Gasteiger charge is -2.37. The molecule has 1 atom stereocenters. The number of hydrogen-bond donors (Lipinski definition) is 2. The number of nitrogens with one attached hydrogen (secondary N) is 1. The summed E-state index contributed by atoms with van der Waals surface area (Å²) in [6.07, 6.45) is 1.11. The van der Waals surface area contributed by atoms with Gasteiger partial charge in [0.1, 0.15) is 0 Å². The van der Waals surface area contributed by atoms with Gasteiger partial charge in [0, 0.05) is 24.7 Å². The molecule has 25 heavy (non-hydrogen) atoms. The minimum Gasteiger partial charge on any atom is -0.481 e. The highest BCUT2D eigenvalue weighted by atomic mass is 32.2. The number of carbonyl (C=O) groups is 2. The highest BCUT2D eigenvalue weighted by Crippen LogP contribution is 2.30. The van der Waals surface area contributed by atoms with Gasteiger partial charge in [-0.05, 0) is 51.8 Å². The molecule has 0 aromatic heterocycles. The third-order valence-corrected chi connectivity index (χ3v) is 5.94. The van der Waals surface area contributed by atoms with Crippen LogP contribution in [-0.4, -0.2) is 49.4 Å². The highest BCUT2D eigenvalue weighted by molar-refractivity contribution is 7.89. The van der Waals surface area contributed by atoms with Crippen molar-refractivity contribution < 1.29 is 23.1 Å². The highest BCUT2D eigenvalue weighted by Gasteiger charge is 2.39. The van der Waals surface area contributed by atoms with Gasteiger partial charge in [0.05, 0.1) is 10.3 Å². The number of carbonyl (C=O) groups excluding carboxylic acids is 1. The largest absolute Gasteiger partial charge is 0.481 e. The number of likely N-dealkylation sites (tertiary alicyclic amines) is 1. The summed E-state index contributed by atoms with van der Waals surface area (Å²) < 4.78 is 27.0. The lowest BCUT2D eigenvalue weighted by atomic mass is 9.82. The third kappa shape index (κ3) is 4.38. The molecule has 2 N–H and O–H groups in total. The van der Waals surface area contributed by atoms with Crippen molar-refractivity contribution in [1.82, 2.24) is 9.62 Å². The monoisotopic (exact) mass is 368 g/mol. The summed E-state index contributed by atoms with van der Waals surface area (Å²) in [6.45, 7) is 5.63. The SMILES string of the molecule is CC(C)NS(=O)(=O)c1cccc(C(=O)N2CCCC(C)(C(=O)O)C2)c1. The molecule has 7 nitrogen and oxygen atoms in total. The standard InChI is InChI=1S/C17H24N2O5S/c1-12(2)18-25(23,24)14-7-4-6-13(10-14)15(20)19-9-5-8-17(3,11-19)16(21)22/h4,6-7,10,12,18H,5,8-9,11H2,1-3H3,(H,21,22). The van der Waals surface area contributed by atoms with Crippen molar-refractivity contribution >= 4 is 21.9 Å². The molecule has 1 heterocycles. The number of nitrogens with zero attached hydrogens (tertiary/aromatic N) is 1. The molecule has 1 aromatic rings. The van der Waals surface area contributed by atoms with Gasteiger partial charge in [0.15, 0.2) is 0 Å². The zero-order valence-electron chi connectivity index (χ0n) is 14.7. The number of carboxylic acid groups (broad SMARTS) is 1. The maximum Gasteiger partial charge on any atom is 0.311 e. The van der Waals surface area contributed by atoms with Crippen LogP contribution in [0.5, 0.6) is 0 Å². The second kappa shape index (κ2) is 7.13. The zero-order chi connectivity index (χ0) is 18.8. The topological polar surface area (TPSA) is 104 Å². The van der Waals surface area contributed by atoms with Gasteiger partial charge in [-0.1, -0.05) is 6.07 Å². The number of sulfonamides is 1. The van der Waals surface area contributed by atoms with E-state index in [1.54, 1.807) is 26.8 Å². The van der Waals surface area contributed by atoms with Gasteiger partial charge in [0.2, 0.25) is 10.0 Å². The van der Waals surface area contributed by atoms with Crippen LogP contribution in [0.15, 0.2) is 29.2 Å². The molecule has 1 amide bonds. The van der Waals surface area contributed by atoms with Gasteiger partial charge >= 0.3 is 5.97 Å². The summed E-state index contributed by atoms with van der Waals surface area (Å²) in [4.78, 5) is 25.7. The van der Waals surface area contributed by atoms with Crippen molar-refractivity contribution in [3.05, 3.63) is 29.8 Å². The maximum absolute atomic E-state index is 12.7. The number of rotatable bonds is 5. The first kappa shape index (κ1) is 19.4. The first-order chi connectivity index (χ1) is 11.5. The van der Waals surface area contributed by atoms with Crippen LogP contribution in [0.1, 0.15) is 44.0 Å². The fraction of sp³-hybridized carbons (Fsp3) is 0.529. The number of aliphatic carboxylic acids is 1. The van der Waals surface area contributed by atoms with Gasteiger partial charge in [-0.15, -0.1) is 0 Å². The molecule has 1 fully saturated rings. The van der Waals surface area contributed by atoms with Crippen LogP contribution in [0.25, 0.3) is 0 Å². The van der Waals surface area contributed by atoms with Crippen LogP contribution < -0.4 is 4.72 Å². The van der Waals surface area contributed by atoms with Crippen LogP contribution in [-0.2, 0) is 14.8 Å². The summed E-state index contributed by atoms with van der Waals surface area (Å²) in [5, 5.41) is 9.38. The Balaban J connectivity index is 2.26. The van der Waals surface area contributed by atoms with E-state index in [1.807, 2.05) is 0 Å². The Bertz CT molecular complexity index is 775. The molecule has 1 aliphatic heterocycles. The molecule has 0 spiro atoms. The molecule has 0 aliphatic carbocycles. The van der Waals surface area contributed by atoms with Crippen LogP contribution >= 0.6 is 0 Å². The van der Waals surface area contributed by atoms with E-state index in [4.69, 9.17) is 0 Å². The fourth-order valence-corrected chi connectivity index (χ4v) is 4.24. The van der Waals surface area contributed by atoms with E-state index >= 15 is 0 Å². The normalized spacial score (nSPS) is 21.4. The Morgan fingerprint density at radius 1 is 1.32 bits per heavy atom. The molecule has 2 rings (SSSR count). The summed E-state index contributed by atoms with van der Waals surface area (Å²) >= 11 is 0. The summed E-state index contributed by atoms with van der Waals surface area (Å²) in [5.41, 5.74) is -0.738. The van der Waals surface area contributed by atoms with Gasteiger partial charge in [-0.2, -0.15) is 0 Å². The van der Waals surface area contributed by atoms with Gasteiger partial charge in [0.25, 0.3) is 5.91 Å². The summed E-state index contributed by atoms with van der Waals surface area (Å²) in [5.74, 6) is -1.28. The Kier molecular flexibility index (Phi) is 5.53. The number of carboxylic acids is 1. The van der Waals surface area contributed by atoms with E-state index in [2.05, 4.69) is 4.72 Å².